The van der Waals surface area contributed by atoms with E-state index in [1.54, 1.807) is 7.11 Å². The van der Waals surface area contributed by atoms with E-state index in [9.17, 15) is 0 Å². The highest BCUT2D eigenvalue weighted by atomic mass is 16.5. The molecule has 0 radical (unpaired) electrons. The van der Waals surface area contributed by atoms with Crippen LogP contribution in [0, 0.1) is 5.92 Å². The van der Waals surface area contributed by atoms with Gasteiger partial charge in [-0.2, -0.15) is 0 Å². The highest BCUT2D eigenvalue weighted by Gasteiger charge is 2.16. The Morgan fingerprint density at radius 2 is 2.21 bits per heavy atom. The summed E-state index contributed by atoms with van der Waals surface area (Å²) in [6.45, 7) is 0. The molecule has 0 spiro atoms. The van der Waals surface area contributed by atoms with Gasteiger partial charge in [0.1, 0.15) is 5.75 Å². The molecule has 76 valence electrons. The monoisotopic (exact) mass is 190 g/mol. The quantitative estimate of drug-likeness (QED) is 0.706. The van der Waals surface area contributed by atoms with Gasteiger partial charge in [0.25, 0.3) is 0 Å². The number of methoxy groups -OCH3 is 1. The first-order chi connectivity index (χ1) is 6.88. The average Bonchev–Trinajstić information content (AvgIpc) is 2.16. The van der Waals surface area contributed by atoms with Gasteiger partial charge in [-0.15, -0.1) is 0 Å². The van der Waals surface area contributed by atoms with Gasteiger partial charge in [0.15, 0.2) is 0 Å². The second kappa shape index (κ2) is 4.50. The van der Waals surface area contributed by atoms with Crippen molar-refractivity contribution in [3.63, 3.8) is 0 Å². The minimum absolute atomic E-state index is 0.983. The molecule has 0 aromatic heterocycles. The zero-order valence-corrected chi connectivity index (χ0v) is 8.83. The van der Waals surface area contributed by atoms with Crippen molar-refractivity contribution in [3.8, 4) is 5.75 Å². The van der Waals surface area contributed by atoms with Crippen LogP contribution in [0.15, 0.2) is 24.3 Å². The van der Waals surface area contributed by atoms with Crippen LogP contribution in [0.4, 0.5) is 0 Å². The lowest BCUT2D eigenvalue weighted by molar-refractivity contribution is 0.296. The van der Waals surface area contributed by atoms with Gasteiger partial charge in [0, 0.05) is 0 Å². The molecule has 0 heterocycles. The van der Waals surface area contributed by atoms with E-state index < -0.39 is 0 Å². The third kappa shape index (κ3) is 2.28. The fourth-order valence-electron chi connectivity index (χ4n) is 1.98. The van der Waals surface area contributed by atoms with E-state index in [0.29, 0.717) is 0 Å². The summed E-state index contributed by atoms with van der Waals surface area (Å²) in [6.07, 6.45) is 6.91. The lowest BCUT2D eigenvalue weighted by atomic mass is 9.81. The van der Waals surface area contributed by atoms with Gasteiger partial charge in [-0.05, 0) is 36.5 Å². The predicted molar refractivity (Wildman–Crippen MR) is 58.7 cm³/mol. The Balaban J connectivity index is 1.87. The maximum atomic E-state index is 5.20. The normalized spacial score (nSPS) is 16.4. The van der Waals surface area contributed by atoms with Crippen molar-refractivity contribution >= 4 is 0 Å². The number of ether oxygens (including phenoxy) is 1. The first kappa shape index (κ1) is 9.57. The Bertz CT molecular complexity index is 289. The van der Waals surface area contributed by atoms with Gasteiger partial charge in [-0.3, -0.25) is 0 Å². The number of benzene rings is 1. The molecule has 1 heteroatoms. The Kier molecular flexibility index (Phi) is 3.07. The van der Waals surface area contributed by atoms with Crippen LogP contribution in [0.2, 0.25) is 0 Å². The van der Waals surface area contributed by atoms with Gasteiger partial charge in [0.2, 0.25) is 0 Å². The molecule has 0 aliphatic heterocycles. The smallest absolute Gasteiger partial charge is 0.119 e. The van der Waals surface area contributed by atoms with Crippen molar-refractivity contribution in [3.05, 3.63) is 29.8 Å². The molecule has 0 bridgehead atoms. The number of aryl methyl sites for hydroxylation is 1. The molecule has 1 saturated carbocycles. The van der Waals surface area contributed by atoms with E-state index in [1.807, 2.05) is 6.07 Å². The standard InChI is InChI=1S/C13H18O/c1-14-13-7-3-6-12(10-13)9-8-11-4-2-5-11/h3,6-7,10-11H,2,4-5,8-9H2,1H3. The molecule has 1 fully saturated rings. The highest BCUT2D eigenvalue weighted by Crippen LogP contribution is 2.30. The van der Waals surface area contributed by atoms with E-state index in [2.05, 4.69) is 18.2 Å². The molecule has 1 aromatic rings. The largest absolute Gasteiger partial charge is 0.497 e. The Hall–Kier alpha value is -0.980. The minimum atomic E-state index is 0.983. The van der Waals surface area contributed by atoms with Gasteiger partial charge in [0.05, 0.1) is 7.11 Å². The first-order valence-corrected chi connectivity index (χ1v) is 5.51. The summed E-state index contributed by atoms with van der Waals surface area (Å²) in [4.78, 5) is 0. The molecule has 0 N–H and O–H groups in total. The third-order valence-corrected chi connectivity index (χ3v) is 3.20. The predicted octanol–water partition coefficient (Wildman–Crippen LogP) is 3.43. The molecule has 1 aliphatic rings. The molecule has 2 rings (SSSR count). The summed E-state index contributed by atoms with van der Waals surface area (Å²) in [5, 5.41) is 0. The molecule has 1 aromatic carbocycles. The zero-order chi connectivity index (χ0) is 9.80. The first-order valence-electron chi connectivity index (χ1n) is 5.51. The summed E-state index contributed by atoms with van der Waals surface area (Å²) < 4.78 is 5.20. The van der Waals surface area contributed by atoms with Crippen molar-refractivity contribution in [1.29, 1.82) is 0 Å². The number of hydrogen-bond donors (Lipinski definition) is 0. The SMILES string of the molecule is COc1cccc(CCC2CCC2)c1. The van der Waals surface area contributed by atoms with Crippen molar-refractivity contribution in [2.45, 2.75) is 32.1 Å². The molecular formula is C13H18O. The van der Waals surface area contributed by atoms with Crippen molar-refractivity contribution in [2.75, 3.05) is 7.11 Å². The van der Waals surface area contributed by atoms with Gasteiger partial charge >= 0.3 is 0 Å². The number of rotatable bonds is 4. The van der Waals surface area contributed by atoms with Crippen LogP contribution in [0.25, 0.3) is 0 Å². The molecule has 0 amide bonds. The Labute approximate surface area is 86.1 Å². The third-order valence-electron chi connectivity index (χ3n) is 3.20. The molecule has 0 unspecified atom stereocenters. The van der Waals surface area contributed by atoms with Crippen molar-refractivity contribution in [2.24, 2.45) is 5.92 Å². The fraction of sp³-hybridized carbons (Fsp3) is 0.538. The minimum Gasteiger partial charge on any atom is -0.497 e. The van der Waals surface area contributed by atoms with Crippen LogP contribution in [0.5, 0.6) is 5.75 Å². The maximum absolute atomic E-state index is 5.20. The molecule has 0 atom stereocenters. The second-order valence-electron chi connectivity index (χ2n) is 4.19. The molecule has 0 saturated heterocycles. The zero-order valence-electron chi connectivity index (χ0n) is 8.83. The highest BCUT2D eigenvalue weighted by molar-refractivity contribution is 5.28. The van der Waals surface area contributed by atoms with Crippen LogP contribution in [0.3, 0.4) is 0 Å². The van der Waals surface area contributed by atoms with Crippen LogP contribution in [0.1, 0.15) is 31.2 Å². The summed E-state index contributed by atoms with van der Waals surface area (Å²) >= 11 is 0. The topological polar surface area (TPSA) is 9.23 Å². The summed E-state index contributed by atoms with van der Waals surface area (Å²) in [6, 6.07) is 8.43. The fourth-order valence-corrected chi connectivity index (χ4v) is 1.98. The van der Waals surface area contributed by atoms with Crippen molar-refractivity contribution < 1.29 is 4.74 Å². The maximum Gasteiger partial charge on any atom is 0.119 e. The van der Waals surface area contributed by atoms with E-state index in [4.69, 9.17) is 4.74 Å². The lowest BCUT2D eigenvalue weighted by Crippen LogP contribution is -2.11. The van der Waals surface area contributed by atoms with E-state index >= 15 is 0 Å². The van der Waals surface area contributed by atoms with Crippen LogP contribution < -0.4 is 4.74 Å². The number of hydrogen-bond acceptors (Lipinski definition) is 1. The van der Waals surface area contributed by atoms with Crippen LogP contribution in [-0.4, -0.2) is 7.11 Å². The molecular weight excluding hydrogens is 172 g/mol. The van der Waals surface area contributed by atoms with E-state index in [1.165, 1.54) is 37.7 Å². The Morgan fingerprint density at radius 1 is 1.36 bits per heavy atom. The average molecular weight is 190 g/mol. The van der Waals surface area contributed by atoms with E-state index in [0.717, 1.165) is 11.7 Å². The van der Waals surface area contributed by atoms with Gasteiger partial charge < -0.3 is 4.74 Å². The summed E-state index contributed by atoms with van der Waals surface area (Å²) in [5.74, 6) is 1.98. The Morgan fingerprint density at radius 3 is 2.86 bits per heavy atom. The molecule has 1 aliphatic carbocycles. The van der Waals surface area contributed by atoms with Crippen molar-refractivity contribution in [1.82, 2.24) is 0 Å². The van der Waals surface area contributed by atoms with Gasteiger partial charge in [-0.1, -0.05) is 31.4 Å². The molecule has 1 nitrogen and oxygen atoms in total. The lowest BCUT2D eigenvalue weighted by Gasteiger charge is -2.25. The molecule has 14 heavy (non-hydrogen) atoms. The summed E-state index contributed by atoms with van der Waals surface area (Å²) in [5.41, 5.74) is 1.41. The van der Waals surface area contributed by atoms with Crippen LogP contribution in [-0.2, 0) is 6.42 Å². The second-order valence-corrected chi connectivity index (χ2v) is 4.19. The van der Waals surface area contributed by atoms with Gasteiger partial charge in [-0.25, -0.2) is 0 Å². The van der Waals surface area contributed by atoms with Crippen LogP contribution >= 0.6 is 0 Å². The summed E-state index contributed by atoms with van der Waals surface area (Å²) in [7, 11) is 1.73. The van der Waals surface area contributed by atoms with E-state index in [-0.39, 0.29) is 0 Å².